The third-order valence-electron chi connectivity index (χ3n) is 3.21. The van der Waals surface area contributed by atoms with Crippen molar-refractivity contribution in [2.24, 2.45) is 5.73 Å². The molecule has 0 saturated heterocycles. The van der Waals surface area contributed by atoms with Gasteiger partial charge in [-0.3, -0.25) is 9.69 Å². The fourth-order valence-electron chi connectivity index (χ4n) is 2.05. The van der Waals surface area contributed by atoms with Crippen molar-refractivity contribution in [3.63, 3.8) is 0 Å². The topological polar surface area (TPSA) is 113 Å². The maximum absolute atomic E-state index is 10.7. The van der Waals surface area contributed by atoms with Gasteiger partial charge in [0.25, 0.3) is 0 Å². The van der Waals surface area contributed by atoms with E-state index >= 15 is 0 Å². The first kappa shape index (κ1) is 22.0. The molecule has 0 atom stereocenters. The number of aryl methyl sites for hydroxylation is 1. The van der Waals surface area contributed by atoms with Crippen LogP contribution in [0.3, 0.4) is 0 Å². The van der Waals surface area contributed by atoms with Gasteiger partial charge in [-0.2, -0.15) is 0 Å². The molecule has 0 aliphatic rings. The zero-order chi connectivity index (χ0) is 18.2. The van der Waals surface area contributed by atoms with Crippen LogP contribution >= 0.6 is 0 Å². The van der Waals surface area contributed by atoms with Crippen molar-refractivity contribution in [2.75, 3.05) is 39.9 Å². The first-order valence-electron chi connectivity index (χ1n) is 7.90. The number of hydrogen-bond acceptors (Lipinski definition) is 6. The number of rotatable bonds is 12. The van der Waals surface area contributed by atoms with Crippen LogP contribution in [0.1, 0.15) is 18.4 Å². The van der Waals surface area contributed by atoms with Crippen LogP contribution in [0.4, 0.5) is 0 Å². The van der Waals surface area contributed by atoms with Crippen LogP contribution in [0.5, 0.6) is 5.75 Å². The minimum atomic E-state index is -0.955. The third kappa shape index (κ3) is 10.7. The van der Waals surface area contributed by atoms with Crippen LogP contribution in [0.25, 0.3) is 0 Å². The second-order valence-corrected chi connectivity index (χ2v) is 5.03. The Labute approximate surface area is 143 Å². The fraction of sp³-hybridized carbons (Fsp3) is 0.529. The van der Waals surface area contributed by atoms with Gasteiger partial charge in [0, 0.05) is 13.7 Å². The number of carboxylic acids is 1. The fourth-order valence-corrected chi connectivity index (χ4v) is 2.05. The highest BCUT2D eigenvalue weighted by Gasteiger charge is 2.08. The number of aliphatic hydroxyl groups excluding tert-OH is 1. The van der Waals surface area contributed by atoms with E-state index in [0.717, 1.165) is 38.7 Å². The summed E-state index contributed by atoms with van der Waals surface area (Å²) in [6.07, 6.45) is 3.79. The molecule has 7 nitrogen and oxygen atoms in total. The monoisotopic (exact) mass is 340 g/mol. The second-order valence-electron chi connectivity index (χ2n) is 5.03. The van der Waals surface area contributed by atoms with Crippen molar-refractivity contribution < 1.29 is 24.5 Å². The summed E-state index contributed by atoms with van der Waals surface area (Å²) in [4.78, 5) is 22.7. The average Bonchev–Trinajstić information content (AvgIpc) is 2.58. The van der Waals surface area contributed by atoms with Crippen molar-refractivity contribution in [2.45, 2.75) is 19.3 Å². The summed E-state index contributed by atoms with van der Waals surface area (Å²) in [5.41, 5.74) is 6.71. The number of aldehydes is 1. The van der Waals surface area contributed by atoms with Gasteiger partial charge in [0.05, 0.1) is 13.1 Å². The number of benzene rings is 1. The highest BCUT2D eigenvalue weighted by molar-refractivity contribution is 5.69. The molecule has 136 valence electrons. The van der Waals surface area contributed by atoms with Gasteiger partial charge in [0.15, 0.2) is 0 Å². The van der Waals surface area contributed by atoms with Crippen LogP contribution in [0, 0.1) is 0 Å². The molecule has 1 aromatic carbocycles. The highest BCUT2D eigenvalue weighted by atomic mass is 16.5. The molecular formula is C17H28N2O5. The van der Waals surface area contributed by atoms with E-state index in [1.54, 1.807) is 0 Å². The molecule has 7 heteroatoms. The summed E-state index contributed by atoms with van der Waals surface area (Å²) >= 11 is 0. The van der Waals surface area contributed by atoms with Gasteiger partial charge in [-0.1, -0.05) is 12.1 Å². The normalized spacial score (nSPS) is 10.0. The average molecular weight is 340 g/mol. The van der Waals surface area contributed by atoms with Crippen LogP contribution in [-0.2, 0) is 16.0 Å². The van der Waals surface area contributed by atoms with E-state index in [1.165, 1.54) is 10.5 Å². The molecule has 0 aliphatic carbocycles. The van der Waals surface area contributed by atoms with E-state index in [4.69, 9.17) is 20.7 Å². The van der Waals surface area contributed by atoms with E-state index in [9.17, 15) is 9.59 Å². The van der Waals surface area contributed by atoms with Gasteiger partial charge in [-0.25, -0.2) is 0 Å². The molecule has 0 radical (unpaired) electrons. The number of aliphatic hydroxyl groups is 1. The molecule has 0 spiro atoms. The Hall–Kier alpha value is -1.96. The number of unbranched alkanes of at least 4 members (excludes halogenated alkanes) is 1. The molecule has 24 heavy (non-hydrogen) atoms. The molecule has 1 aromatic rings. The SMILES string of the molecule is CO.NCCCCc1ccc(OCCN(CC=O)CC(=O)O)cc1. The van der Waals surface area contributed by atoms with E-state index in [-0.39, 0.29) is 13.1 Å². The predicted molar refractivity (Wildman–Crippen MR) is 92.2 cm³/mol. The molecule has 0 heterocycles. The summed E-state index contributed by atoms with van der Waals surface area (Å²) in [6, 6.07) is 7.84. The lowest BCUT2D eigenvalue weighted by molar-refractivity contribution is -0.138. The zero-order valence-electron chi connectivity index (χ0n) is 14.2. The molecular weight excluding hydrogens is 312 g/mol. The van der Waals surface area contributed by atoms with E-state index in [0.29, 0.717) is 19.4 Å². The zero-order valence-corrected chi connectivity index (χ0v) is 14.2. The molecule has 4 N–H and O–H groups in total. The maximum Gasteiger partial charge on any atom is 0.317 e. The predicted octanol–water partition coefficient (Wildman–Crippen LogP) is 0.541. The standard InChI is InChI=1S/C16H24N2O4.CH4O/c17-8-2-1-3-14-4-6-15(7-5-14)22-12-10-18(9-11-19)13-16(20)21;1-2/h4-7,11H,1-3,8-10,12-13,17H2,(H,20,21);2H,1H3. The smallest absolute Gasteiger partial charge is 0.317 e. The Bertz CT molecular complexity index is 451. The van der Waals surface area contributed by atoms with Crippen molar-refractivity contribution in [1.82, 2.24) is 4.90 Å². The number of carbonyl (C=O) groups is 2. The molecule has 0 bridgehead atoms. The summed E-state index contributed by atoms with van der Waals surface area (Å²) in [7, 11) is 1.00. The molecule has 1 rings (SSSR count). The Morgan fingerprint density at radius 3 is 2.46 bits per heavy atom. The lowest BCUT2D eigenvalue weighted by atomic mass is 10.1. The van der Waals surface area contributed by atoms with Crippen molar-refractivity contribution >= 4 is 12.3 Å². The molecule has 0 saturated carbocycles. The highest BCUT2D eigenvalue weighted by Crippen LogP contribution is 2.13. The van der Waals surface area contributed by atoms with Gasteiger partial charge >= 0.3 is 5.97 Å². The third-order valence-corrected chi connectivity index (χ3v) is 3.21. The number of carbonyl (C=O) groups excluding carboxylic acids is 1. The van der Waals surface area contributed by atoms with Crippen LogP contribution in [0.15, 0.2) is 24.3 Å². The molecule has 0 aromatic heterocycles. The molecule has 0 amide bonds. The lowest BCUT2D eigenvalue weighted by Gasteiger charge is -2.17. The van der Waals surface area contributed by atoms with Crippen molar-refractivity contribution in [3.05, 3.63) is 29.8 Å². The van der Waals surface area contributed by atoms with E-state index < -0.39 is 5.97 Å². The lowest BCUT2D eigenvalue weighted by Crippen LogP contribution is -2.34. The summed E-state index contributed by atoms with van der Waals surface area (Å²) in [5, 5.41) is 15.7. The Morgan fingerprint density at radius 2 is 1.92 bits per heavy atom. The van der Waals surface area contributed by atoms with Crippen LogP contribution in [-0.4, -0.2) is 67.3 Å². The molecule has 0 fully saturated rings. The van der Waals surface area contributed by atoms with Crippen LogP contribution < -0.4 is 10.5 Å². The van der Waals surface area contributed by atoms with Gasteiger partial charge in [-0.15, -0.1) is 0 Å². The Morgan fingerprint density at radius 1 is 1.25 bits per heavy atom. The minimum absolute atomic E-state index is 0.0930. The number of nitrogens with zero attached hydrogens (tertiary/aromatic N) is 1. The van der Waals surface area contributed by atoms with Gasteiger partial charge in [0.1, 0.15) is 18.6 Å². The van der Waals surface area contributed by atoms with E-state index in [1.807, 2.05) is 24.3 Å². The van der Waals surface area contributed by atoms with Crippen LogP contribution in [0.2, 0.25) is 0 Å². The number of hydrogen-bond donors (Lipinski definition) is 3. The van der Waals surface area contributed by atoms with Gasteiger partial charge < -0.3 is 25.5 Å². The van der Waals surface area contributed by atoms with Gasteiger partial charge in [0.2, 0.25) is 0 Å². The first-order chi connectivity index (χ1) is 11.7. The Balaban J connectivity index is 0.00000254. The molecule has 0 unspecified atom stereocenters. The quantitative estimate of drug-likeness (QED) is 0.376. The maximum atomic E-state index is 10.7. The van der Waals surface area contributed by atoms with E-state index in [2.05, 4.69) is 0 Å². The number of nitrogens with two attached hydrogens (primary N) is 1. The first-order valence-corrected chi connectivity index (χ1v) is 7.90. The number of ether oxygens (including phenoxy) is 1. The molecule has 0 aliphatic heterocycles. The summed E-state index contributed by atoms with van der Waals surface area (Å²) < 4.78 is 5.57. The second kappa shape index (κ2) is 14.6. The minimum Gasteiger partial charge on any atom is -0.492 e. The number of carboxylic acid groups (broad SMARTS) is 1. The largest absolute Gasteiger partial charge is 0.492 e. The van der Waals surface area contributed by atoms with Crippen molar-refractivity contribution in [1.29, 1.82) is 0 Å². The Kier molecular flexibility index (Phi) is 13.4. The summed E-state index contributed by atoms with van der Waals surface area (Å²) in [6.45, 7) is 1.38. The van der Waals surface area contributed by atoms with Gasteiger partial charge in [-0.05, 0) is 43.5 Å². The van der Waals surface area contributed by atoms with Crippen molar-refractivity contribution in [3.8, 4) is 5.75 Å². The summed E-state index contributed by atoms with van der Waals surface area (Å²) in [5.74, 6) is -0.215. The number of aliphatic carboxylic acids is 1.